The average molecular weight is 331 g/mol. The molecule has 0 aliphatic rings. The second-order valence-electron chi connectivity index (χ2n) is 3.94. The van der Waals surface area contributed by atoms with Gasteiger partial charge < -0.3 is 20.5 Å². The number of hydrogen-bond donors (Lipinski definition) is 2. The molecule has 1 aromatic carbocycles. The van der Waals surface area contributed by atoms with E-state index in [0.717, 1.165) is 22.2 Å². The minimum absolute atomic E-state index is 0.258. The number of ether oxygens (including phenoxy) is 2. The summed E-state index contributed by atoms with van der Waals surface area (Å²) in [7, 11) is 0. The molecule has 3 N–H and O–H groups in total. The number of hydrogen-bond acceptors (Lipinski definition) is 4. The van der Waals surface area contributed by atoms with Gasteiger partial charge >= 0.3 is 6.09 Å². The third-order valence-electron chi connectivity index (χ3n) is 2.32. The van der Waals surface area contributed by atoms with E-state index >= 15 is 0 Å². The first kappa shape index (κ1) is 15.8. The molecule has 1 amide bonds. The maximum absolute atomic E-state index is 10.4. The van der Waals surface area contributed by atoms with Crippen LogP contribution in [0.1, 0.15) is 18.9 Å². The van der Waals surface area contributed by atoms with Crippen LogP contribution >= 0.6 is 15.9 Å². The summed E-state index contributed by atoms with van der Waals surface area (Å²) in [4.78, 5) is 10.4. The number of primary amides is 1. The lowest BCUT2D eigenvalue weighted by Gasteiger charge is -2.12. The Hall–Kier alpha value is -1.27. The second kappa shape index (κ2) is 8.77. The van der Waals surface area contributed by atoms with Crippen molar-refractivity contribution in [3.8, 4) is 5.75 Å². The van der Waals surface area contributed by atoms with Crippen LogP contribution in [0.2, 0.25) is 0 Å². The molecule has 0 saturated carbocycles. The predicted octanol–water partition coefficient (Wildman–Crippen LogP) is 2.42. The summed E-state index contributed by atoms with van der Waals surface area (Å²) in [6.07, 6.45) is 0.214. The quantitative estimate of drug-likeness (QED) is 0.718. The summed E-state index contributed by atoms with van der Waals surface area (Å²) < 4.78 is 11.3. The van der Waals surface area contributed by atoms with Gasteiger partial charge in [0.15, 0.2) is 0 Å². The first-order chi connectivity index (χ1) is 9.13. The SMILES string of the molecule is CCCOc1ccc(Br)cc1CNCCOC(N)=O. The Kier molecular flexibility index (Phi) is 7.28. The van der Waals surface area contributed by atoms with E-state index in [1.54, 1.807) is 0 Å². The van der Waals surface area contributed by atoms with Crippen LogP contribution in [0, 0.1) is 0 Å². The Morgan fingerprint density at radius 1 is 1.42 bits per heavy atom. The van der Waals surface area contributed by atoms with Gasteiger partial charge in [-0.25, -0.2) is 4.79 Å². The first-order valence-corrected chi connectivity index (χ1v) is 6.97. The van der Waals surface area contributed by atoms with Gasteiger partial charge in [0.1, 0.15) is 12.4 Å². The summed E-state index contributed by atoms with van der Waals surface area (Å²) in [5, 5.41) is 3.17. The Morgan fingerprint density at radius 2 is 2.21 bits per heavy atom. The molecule has 0 radical (unpaired) electrons. The van der Waals surface area contributed by atoms with Gasteiger partial charge in [-0.15, -0.1) is 0 Å². The minimum atomic E-state index is -0.753. The first-order valence-electron chi connectivity index (χ1n) is 6.17. The van der Waals surface area contributed by atoms with E-state index in [0.29, 0.717) is 19.7 Å². The maximum atomic E-state index is 10.4. The number of rotatable bonds is 8. The van der Waals surface area contributed by atoms with Crippen LogP contribution < -0.4 is 15.8 Å². The Bertz CT molecular complexity index is 413. The van der Waals surface area contributed by atoms with Gasteiger partial charge in [0.25, 0.3) is 0 Å². The van der Waals surface area contributed by atoms with Crippen molar-refractivity contribution in [1.29, 1.82) is 0 Å². The molecule has 0 spiro atoms. The molecule has 0 bridgehead atoms. The summed E-state index contributed by atoms with van der Waals surface area (Å²) in [5.74, 6) is 0.869. The molecular weight excluding hydrogens is 312 g/mol. The zero-order valence-corrected chi connectivity index (χ0v) is 12.5. The summed E-state index contributed by atoms with van der Waals surface area (Å²) in [6, 6.07) is 5.90. The zero-order chi connectivity index (χ0) is 14.1. The fourth-order valence-electron chi connectivity index (χ4n) is 1.49. The van der Waals surface area contributed by atoms with Crippen LogP contribution in [0.4, 0.5) is 4.79 Å². The van der Waals surface area contributed by atoms with Crippen LogP contribution in [-0.2, 0) is 11.3 Å². The minimum Gasteiger partial charge on any atom is -0.493 e. The van der Waals surface area contributed by atoms with Crippen LogP contribution in [0.25, 0.3) is 0 Å². The van der Waals surface area contributed by atoms with E-state index in [4.69, 9.17) is 10.5 Å². The van der Waals surface area contributed by atoms with Gasteiger partial charge in [-0.05, 0) is 24.6 Å². The van der Waals surface area contributed by atoms with Crippen LogP contribution in [0.5, 0.6) is 5.75 Å². The van der Waals surface area contributed by atoms with E-state index in [1.165, 1.54) is 0 Å². The van der Waals surface area contributed by atoms with Crippen molar-refractivity contribution in [3.05, 3.63) is 28.2 Å². The van der Waals surface area contributed by atoms with Crippen molar-refractivity contribution >= 4 is 22.0 Å². The topological polar surface area (TPSA) is 73.6 Å². The molecular formula is C13H19BrN2O3. The van der Waals surface area contributed by atoms with Gasteiger partial charge in [0.05, 0.1) is 6.61 Å². The molecule has 0 saturated heterocycles. The number of amides is 1. The van der Waals surface area contributed by atoms with Crippen LogP contribution in [0.3, 0.4) is 0 Å². The van der Waals surface area contributed by atoms with Gasteiger partial charge in [0.2, 0.25) is 0 Å². The van der Waals surface area contributed by atoms with Crippen molar-refractivity contribution in [1.82, 2.24) is 5.32 Å². The molecule has 106 valence electrons. The number of carbonyl (C=O) groups excluding carboxylic acids is 1. The predicted molar refractivity (Wildman–Crippen MR) is 77.2 cm³/mol. The lowest BCUT2D eigenvalue weighted by molar-refractivity contribution is 0.157. The second-order valence-corrected chi connectivity index (χ2v) is 4.86. The summed E-state index contributed by atoms with van der Waals surface area (Å²) >= 11 is 3.44. The molecule has 6 heteroatoms. The van der Waals surface area contributed by atoms with E-state index in [9.17, 15) is 4.79 Å². The zero-order valence-electron chi connectivity index (χ0n) is 10.9. The normalized spacial score (nSPS) is 10.2. The lowest BCUT2D eigenvalue weighted by Crippen LogP contribution is -2.23. The Morgan fingerprint density at radius 3 is 2.89 bits per heavy atom. The molecule has 0 atom stereocenters. The molecule has 0 aromatic heterocycles. The van der Waals surface area contributed by atoms with E-state index in [-0.39, 0.29) is 6.61 Å². The monoisotopic (exact) mass is 330 g/mol. The molecule has 0 heterocycles. The van der Waals surface area contributed by atoms with Gasteiger partial charge in [-0.2, -0.15) is 0 Å². The van der Waals surface area contributed by atoms with Crippen LogP contribution in [0.15, 0.2) is 22.7 Å². The van der Waals surface area contributed by atoms with Crippen molar-refractivity contribution in [2.45, 2.75) is 19.9 Å². The molecule has 0 aliphatic carbocycles. The number of carbonyl (C=O) groups is 1. The molecule has 0 aliphatic heterocycles. The van der Waals surface area contributed by atoms with Gasteiger partial charge in [-0.3, -0.25) is 0 Å². The molecule has 0 fully saturated rings. The third kappa shape index (κ3) is 6.45. The fourth-order valence-corrected chi connectivity index (χ4v) is 1.89. The highest BCUT2D eigenvalue weighted by Crippen LogP contribution is 2.23. The van der Waals surface area contributed by atoms with Gasteiger partial charge in [-0.1, -0.05) is 22.9 Å². The van der Waals surface area contributed by atoms with Crippen molar-refractivity contribution < 1.29 is 14.3 Å². The Balaban J connectivity index is 2.46. The smallest absolute Gasteiger partial charge is 0.404 e. The molecule has 19 heavy (non-hydrogen) atoms. The molecule has 1 aromatic rings. The number of nitrogens with one attached hydrogen (secondary N) is 1. The van der Waals surface area contributed by atoms with E-state index in [2.05, 4.69) is 32.9 Å². The third-order valence-corrected chi connectivity index (χ3v) is 2.82. The van der Waals surface area contributed by atoms with E-state index < -0.39 is 6.09 Å². The highest BCUT2D eigenvalue weighted by atomic mass is 79.9. The number of benzene rings is 1. The van der Waals surface area contributed by atoms with Crippen LogP contribution in [-0.4, -0.2) is 25.9 Å². The molecule has 0 unspecified atom stereocenters. The number of halogens is 1. The summed E-state index contributed by atoms with van der Waals surface area (Å²) in [6.45, 7) is 4.20. The largest absolute Gasteiger partial charge is 0.493 e. The van der Waals surface area contributed by atoms with Crippen molar-refractivity contribution in [2.75, 3.05) is 19.8 Å². The van der Waals surface area contributed by atoms with Crippen molar-refractivity contribution in [2.24, 2.45) is 5.73 Å². The van der Waals surface area contributed by atoms with Crippen molar-refractivity contribution in [3.63, 3.8) is 0 Å². The lowest BCUT2D eigenvalue weighted by atomic mass is 10.2. The van der Waals surface area contributed by atoms with E-state index in [1.807, 2.05) is 18.2 Å². The average Bonchev–Trinajstić information content (AvgIpc) is 2.37. The summed E-state index contributed by atoms with van der Waals surface area (Å²) in [5.41, 5.74) is 5.93. The molecule has 5 nitrogen and oxygen atoms in total. The maximum Gasteiger partial charge on any atom is 0.404 e. The van der Waals surface area contributed by atoms with Gasteiger partial charge in [0, 0.05) is 23.1 Å². The molecule has 1 rings (SSSR count). The number of nitrogens with two attached hydrogens (primary N) is 1. The highest BCUT2D eigenvalue weighted by molar-refractivity contribution is 9.10. The fraction of sp³-hybridized carbons (Fsp3) is 0.462. The Labute approximate surface area is 121 Å². The standard InChI is InChI=1S/C13H19BrN2O3/c1-2-6-18-12-4-3-11(14)8-10(12)9-16-5-7-19-13(15)17/h3-4,8,16H,2,5-7,9H2,1H3,(H2,15,17). The highest BCUT2D eigenvalue weighted by Gasteiger charge is 2.04.